The van der Waals surface area contributed by atoms with Gasteiger partial charge in [0.25, 0.3) is 5.92 Å². The van der Waals surface area contributed by atoms with Crippen molar-refractivity contribution in [3.63, 3.8) is 0 Å². The Morgan fingerprint density at radius 1 is 1.10 bits per heavy atom. The van der Waals surface area contributed by atoms with E-state index in [9.17, 15) is 44.7 Å². The number of carbonyl (C=O) groups is 2. The van der Waals surface area contributed by atoms with E-state index in [1.165, 1.54) is 25.1 Å². The summed E-state index contributed by atoms with van der Waals surface area (Å²) >= 11 is 0. The second-order valence-electron chi connectivity index (χ2n) is 12.5. The Balaban J connectivity index is 0.00000248. The van der Waals surface area contributed by atoms with Crippen molar-refractivity contribution >= 4 is 23.7 Å². The highest BCUT2D eigenvalue weighted by Crippen LogP contribution is 2.46. The fraction of sp³-hybridized carbons (Fsp3) is 0.515. The van der Waals surface area contributed by atoms with E-state index in [0.717, 1.165) is 4.90 Å². The predicted octanol–water partition coefficient (Wildman–Crippen LogP) is 7.67. The number of hydrogen-bond acceptors (Lipinski definition) is 7. The van der Waals surface area contributed by atoms with Gasteiger partial charge in [0.15, 0.2) is 0 Å². The van der Waals surface area contributed by atoms with Crippen molar-refractivity contribution in [1.82, 2.24) is 20.2 Å². The molecule has 4 aliphatic rings. The molecule has 2 aromatic rings. The highest BCUT2D eigenvalue weighted by molar-refractivity contribution is 5.80. The summed E-state index contributed by atoms with van der Waals surface area (Å²) in [7, 11) is 1.41. The van der Waals surface area contributed by atoms with Crippen molar-refractivity contribution < 1.29 is 59.3 Å². The molecule has 2 aliphatic heterocycles. The molecule has 10 nitrogen and oxygen atoms in total. The molecule has 0 radical (unpaired) electrons. The van der Waals surface area contributed by atoms with Crippen molar-refractivity contribution in [3.8, 4) is 0 Å². The van der Waals surface area contributed by atoms with Gasteiger partial charge in [0.2, 0.25) is 5.95 Å². The predicted molar refractivity (Wildman–Crippen MR) is 165 cm³/mol. The number of hydrogen-bond donors (Lipinski definition) is 2. The van der Waals surface area contributed by atoms with Crippen molar-refractivity contribution in [2.24, 2.45) is 11.8 Å². The monoisotopic (exact) mass is 733 g/mol. The SMILES string of the molecule is CC.COC1=CCC([C@H]2CC2NC(=O)O)C=C1c1cnc(N2CC(F)(F)C2)nc1CN1C(=O)OC(c2cc(C(F)(F)F)cc(C(F)(F)F)c2)C1C. The molecule has 278 valence electrons. The van der Waals surface area contributed by atoms with Gasteiger partial charge in [-0.2, -0.15) is 26.3 Å². The van der Waals surface area contributed by atoms with Gasteiger partial charge in [-0.25, -0.2) is 28.3 Å². The summed E-state index contributed by atoms with van der Waals surface area (Å²) in [4.78, 5) is 35.4. The third-order valence-electron chi connectivity index (χ3n) is 9.06. The molecule has 51 heavy (non-hydrogen) atoms. The first-order valence-corrected chi connectivity index (χ1v) is 16.1. The summed E-state index contributed by atoms with van der Waals surface area (Å²) in [5.74, 6) is -2.84. The van der Waals surface area contributed by atoms with Gasteiger partial charge in [0.1, 0.15) is 11.9 Å². The first-order chi connectivity index (χ1) is 23.8. The van der Waals surface area contributed by atoms with Gasteiger partial charge in [-0.15, -0.1) is 0 Å². The first-order valence-electron chi connectivity index (χ1n) is 16.1. The summed E-state index contributed by atoms with van der Waals surface area (Å²) in [5, 5.41) is 11.6. The van der Waals surface area contributed by atoms with Gasteiger partial charge < -0.3 is 24.8 Å². The number of ether oxygens (including phenoxy) is 2. The highest BCUT2D eigenvalue weighted by Gasteiger charge is 2.47. The van der Waals surface area contributed by atoms with Crippen LogP contribution in [0.1, 0.15) is 67.7 Å². The quantitative estimate of drug-likeness (QED) is 0.266. The molecule has 1 aromatic carbocycles. The van der Waals surface area contributed by atoms with Crippen LogP contribution in [0.5, 0.6) is 0 Å². The lowest BCUT2D eigenvalue weighted by atomic mass is 9.87. The van der Waals surface area contributed by atoms with Crippen LogP contribution in [-0.4, -0.2) is 70.4 Å². The maximum absolute atomic E-state index is 13.7. The van der Waals surface area contributed by atoms with Gasteiger partial charge in [-0.1, -0.05) is 19.9 Å². The Kier molecular flexibility index (Phi) is 10.2. The number of methoxy groups -OCH3 is 1. The number of allylic oxidation sites excluding steroid dienone is 3. The number of halogens is 8. The van der Waals surface area contributed by atoms with Crippen molar-refractivity contribution in [3.05, 3.63) is 70.3 Å². The second kappa shape index (κ2) is 13.8. The van der Waals surface area contributed by atoms with Gasteiger partial charge in [0, 0.05) is 23.4 Å². The smallest absolute Gasteiger partial charge is 0.416 e. The molecule has 3 heterocycles. The Morgan fingerprint density at radius 3 is 2.27 bits per heavy atom. The number of carbonyl (C=O) groups excluding carboxylic acids is 1. The molecule has 3 fully saturated rings. The third-order valence-corrected chi connectivity index (χ3v) is 9.06. The largest absolute Gasteiger partial charge is 0.496 e. The molecule has 1 saturated carbocycles. The fourth-order valence-corrected chi connectivity index (χ4v) is 6.47. The summed E-state index contributed by atoms with van der Waals surface area (Å²) in [6.45, 7) is 3.67. The van der Waals surface area contributed by atoms with Gasteiger partial charge >= 0.3 is 24.5 Å². The number of carboxylic acid groups (broad SMARTS) is 1. The molecule has 2 aliphatic carbocycles. The summed E-state index contributed by atoms with van der Waals surface area (Å²) in [6.07, 6.45) is -7.88. The molecular formula is C33H35F8N5O5. The number of benzene rings is 1. The normalized spacial score (nSPS) is 25.5. The Morgan fingerprint density at radius 2 is 1.73 bits per heavy atom. The standard InChI is InChI=1S/C31H29F8N5O5.C2H6/c1-14-25(16-5-17(30(34,35)36)8-18(6-16)31(37,38)39)49-28(47)44(14)11-23-21(10-40-26(41-23)43-12-29(32,33)13-43)20-7-15(3-4-24(20)48-2)19-9-22(19)42-27(45)46;1-2/h4-8,10,14-15,19,22,25,42H,3,9,11-13H2,1-2H3,(H,45,46);1-2H3/t14?,15?,19-,22?,25?;/m1./s1. The van der Waals surface area contributed by atoms with Crippen LogP contribution < -0.4 is 10.2 Å². The molecule has 18 heteroatoms. The van der Waals surface area contributed by atoms with E-state index in [0.29, 0.717) is 41.9 Å². The van der Waals surface area contributed by atoms with Crippen LogP contribution >= 0.6 is 0 Å². The van der Waals surface area contributed by atoms with Crippen LogP contribution in [0.3, 0.4) is 0 Å². The van der Waals surface area contributed by atoms with Crippen LogP contribution in [0.4, 0.5) is 50.7 Å². The zero-order chi connectivity index (χ0) is 37.6. The van der Waals surface area contributed by atoms with Crippen molar-refractivity contribution in [2.45, 2.75) is 76.6 Å². The molecule has 1 aromatic heterocycles. The lowest BCUT2D eigenvalue weighted by Gasteiger charge is -2.38. The van der Waals surface area contributed by atoms with Gasteiger partial charge in [0.05, 0.1) is 49.6 Å². The Hall–Kier alpha value is -4.64. The number of nitrogens with one attached hydrogen (secondary N) is 1. The topological polar surface area (TPSA) is 117 Å². The van der Waals surface area contributed by atoms with E-state index in [4.69, 9.17) is 14.6 Å². The number of alkyl halides is 8. The minimum absolute atomic E-state index is 0.0235. The summed E-state index contributed by atoms with van der Waals surface area (Å²) in [5.41, 5.74) is -2.74. The van der Waals surface area contributed by atoms with E-state index in [1.54, 1.807) is 6.08 Å². The number of anilines is 1. The third kappa shape index (κ3) is 7.98. The van der Waals surface area contributed by atoms with Crippen LogP contribution in [-0.2, 0) is 28.4 Å². The number of nitrogens with zero attached hydrogens (tertiary/aromatic N) is 4. The van der Waals surface area contributed by atoms with Crippen molar-refractivity contribution in [2.75, 3.05) is 25.1 Å². The molecule has 0 bridgehead atoms. The van der Waals surface area contributed by atoms with Crippen LogP contribution in [0.2, 0.25) is 0 Å². The Labute approximate surface area is 287 Å². The van der Waals surface area contributed by atoms with E-state index in [1.807, 2.05) is 19.9 Å². The Bertz CT molecular complexity index is 1690. The first kappa shape index (κ1) is 37.6. The molecule has 0 spiro atoms. The van der Waals surface area contributed by atoms with E-state index in [-0.39, 0.29) is 42.1 Å². The molecule has 2 N–H and O–H groups in total. The van der Waals surface area contributed by atoms with Crippen LogP contribution in [0.25, 0.3) is 5.57 Å². The second-order valence-corrected chi connectivity index (χ2v) is 12.5. The average molecular weight is 734 g/mol. The highest BCUT2D eigenvalue weighted by atomic mass is 19.4. The summed E-state index contributed by atoms with van der Waals surface area (Å²) in [6, 6.07) is -0.396. The average Bonchev–Trinajstić information content (AvgIpc) is 3.76. The number of amides is 2. The number of aromatic nitrogens is 2. The van der Waals surface area contributed by atoms with Crippen LogP contribution in [0, 0.1) is 11.8 Å². The fourth-order valence-electron chi connectivity index (χ4n) is 6.47. The van der Waals surface area contributed by atoms with E-state index in [2.05, 4.69) is 15.3 Å². The molecule has 2 amide bonds. The molecule has 6 rings (SSSR count). The molecule has 5 atom stereocenters. The number of rotatable bonds is 8. The lowest BCUT2D eigenvalue weighted by molar-refractivity contribution is -0.143. The maximum Gasteiger partial charge on any atom is 0.416 e. The van der Waals surface area contributed by atoms with E-state index >= 15 is 0 Å². The minimum atomic E-state index is -5.12. The summed E-state index contributed by atoms with van der Waals surface area (Å²) < 4.78 is 120. The molecule has 4 unspecified atom stereocenters. The molecule has 2 saturated heterocycles. The zero-order valence-corrected chi connectivity index (χ0v) is 27.8. The molecular weight excluding hydrogens is 698 g/mol. The van der Waals surface area contributed by atoms with Crippen LogP contribution in [0.15, 0.2) is 42.3 Å². The van der Waals surface area contributed by atoms with Crippen molar-refractivity contribution in [1.29, 1.82) is 0 Å². The zero-order valence-electron chi connectivity index (χ0n) is 27.8. The minimum Gasteiger partial charge on any atom is -0.496 e. The van der Waals surface area contributed by atoms with Gasteiger partial charge in [-0.05, 0) is 61.4 Å². The maximum atomic E-state index is 13.7. The number of cyclic esters (lactones) is 1. The lowest BCUT2D eigenvalue weighted by Crippen LogP contribution is -2.57. The van der Waals surface area contributed by atoms with Gasteiger partial charge in [-0.3, -0.25) is 4.90 Å². The van der Waals surface area contributed by atoms with E-state index < -0.39 is 72.4 Å².